The first kappa shape index (κ1) is 11.7. The molecule has 1 aromatic rings. The summed E-state index contributed by atoms with van der Waals surface area (Å²) in [6.45, 7) is 0. The second-order valence-corrected chi connectivity index (χ2v) is 5.62. The van der Waals surface area contributed by atoms with E-state index < -0.39 is 0 Å². The minimum Gasteiger partial charge on any atom is -0.267 e. The number of carbonyl (C=O) groups excluding carboxylic acids is 1. The van der Waals surface area contributed by atoms with E-state index in [-0.39, 0.29) is 5.91 Å². The van der Waals surface area contributed by atoms with Gasteiger partial charge in [0, 0.05) is 21.7 Å². The lowest BCUT2D eigenvalue weighted by molar-refractivity contribution is 0.0954. The SMILES string of the molecule is O=C(NN=C1CC2CC=CC12)c1ccc(Br)cc1. The Morgan fingerprint density at radius 2 is 2.11 bits per heavy atom. The van der Waals surface area contributed by atoms with Gasteiger partial charge in [0.2, 0.25) is 0 Å². The van der Waals surface area contributed by atoms with Crippen molar-refractivity contribution in [3.63, 3.8) is 0 Å². The molecular weight excluding hydrogens is 292 g/mol. The summed E-state index contributed by atoms with van der Waals surface area (Å²) in [4.78, 5) is 11.8. The van der Waals surface area contributed by atoms with Crippen LogP contribution in [0.2, 0.25) is 0 Å². The Balaban J connectivity index is 1.63. The lowest BCUT2D eigenvalue weighted by atomic mass is 9.74. The molecule has 4 heteroatoms. The molecule has 1 amide bonds. The smallest absolute Gasteiger partial charge is 0.267 e. The fourth-order valence-electron chi connectivity index (χ4n) is 2.45. The Morgan fingerprint density at radius 1 is 1.33 bits per heavy atom. The molecule has 3 nitrogen and oxygen atoms in total. The third-order valence-corrected chi connectivity index (χ3v) is 4.08. The number of carbonyl (C=O) groups is 1. The van der Waals surface area contributed by atoms with Crippen molar-refractivity contribution in [2.75, 3.05) is 0 Å². The van der Waals surface area contributed by atoms with E-state index in [0.717, 1.165) is 28.9 Å². The van der Waals surface area contributed by atoms with E-state index in [1.165, 1.54) is 0 Å². The summed E-state index contributed by atoms with van der Waals surface area (Å²) in [5.74, 6) is 1.05. The summed E-state index contributed by atoms with van der Waals surface area (Å²) < 4.78 is 0.961. The maximum atomic E-state index is 11.8. The van der Waals surface area contributed by atoms with Crippen molar-refractivity contribution in [1.29, 1.82) is 0 Å². The second-order valence-electron chi connectivity index (χ2n) is 4.70. The number of hydrazone groups is 1. The zero-order valence-electron chi connectivity index (χ0n) is 9.77. The molecule has 0 aliphatic heterocycles. The Labute approximate surface area is 114 Å². The summed E-state index contributed by atoms with van der Waals surface area (Å²) in [5, 5.41) is 4.23. The van der Waals surface area contributed by atoms with Gasteiger partial charge in [-0.15, -0.1) is 0 Å². The fraction of sp³-hybridized carbons (Fsp3) is 0.286. The van der Waals surface area contributed by atoms with Gasteiger partial charge in [-0.25, -0.2) is 5.43 Å². The zero-order chi connectivity index (χ0) is 12.5. The quantitative estimate of drug-likeness (QED) is 0.662. The molecule has 1 aromatic carbocycles. The zero-order valence-corrected chi connectivity index (χ0v) is 11.4. The first-order valence-corrected chi connectivity index (χ1v) is 6.82. The van der Waals surface area contributed by atoms with Crippen LogP contribution in [0.25, 0.3) is 0 Å². The third kappa shape index (κ3) is 2.12. The van der Waals surface area contributed by atoms with Crippen LogP contribution in [0.1, 0.15) is 23.2 Å². The molecule has 3 rings (SSSR count). The van der Waals surface area contributed by atoms with Crippen molar-refractivity contribution in [2.45, 2.75) is 12.8 Å². The highest BCUT2D eigenvalue weighted by molar-refractivity contribution is 9.10. The third-order valence-electron chi connectivity index (χ3n) is 3.55. The van der Waals surface area contributed by atoms with Gasteiger partial charge in [-0.1, -0.05) is 28.1 Å². The minimum absolute atomic E-state index is 0.152. The van der Waals surface area contributed by atoms with Gasteiger partial charge in [0.05, 0.1) is 0 Å². The first-order chi connectivity index (χ1) is 8.74. The minimum atomic E-state index is -0.152. The van der Waals surface area contributed by atoms with Crippen LogP contribution in [0.3, 0.4) is 0 Å². The molecule has 2 unspecified atom stereocenters. The van der Waals surface area contributed by atoms with Crippen LogP contribution in [-0.2, 0) is 0 Å². The molecule has 2 aliphatic rings. The normalized spacial score (nSPS) is 26.8. The van der Waals surface area contributed by atoms with E-state index in [1.807, 2.05) is 12.1 Å². The summed E-state index contributed by atoms with van der Waals surface area (Å²) in [7, 11) is 0. The predicted molar refractivity (Wildman–Crippen MR) is 74.4 cm³/mol. The van der Waals surface area contributed by atoms with Crippen molar-refractivity contribution < 1.29 is 4.79 Å². The monoisotopic (exact) mass is 304 g/mol. The highest BCUT2D eigenvalue weighted by Gasteiger charge is 2.37. The van der Waals surface area contributed by atoms with Crippen molar-refractivity contribution in [3.05, 3.63) is 46.5 Å². The number of benzene rings is 1. The van der Waals surface area contributed by atoms with Crippen LogP contribution in [0.15, 0.2) is 46.0 Å². The van der Waals surface area contributed by atoms with Crippen LogP contribution < -0.4 is 5.43 Å². The number of fused-ring (bicyclic) bond motifs is 1. The van der Waals surface area contributed by atoms with Crippen LogP contribution in [0.5, 0.6) is 0 Å². The molecular formula is C14H13BrN2O. The molecule has 0 radical (unpaired) electrons. The van der Waals surface area contributed by atoms with Gasteiger partial charge in [-0.05, 0) is 43.0 Å². The molecule has 92 valence electrons. The highest BCUT2D eigenvalue weighted by atomic mass is 79.9. The summed E-state index contributed by atoms with van der Waals surface area (Å²) in [5.41, 5.74) is 4.35. The van der Waals surface area contributed by atoms with Crippen molar-refractivity contribution >= 4 is 27.5 Å². The molecule has 18 heavy (non-hydrogen) atoms. The molecule has 1 saturated carbocycles. The van der Waals surface area contributed by atoms with Crippen LogP contribution in [-0.4, -0.2) is 11.6 Å². The fourth-order valence-corrected chi connectivity index (χ4v) is 2.71. The summed E-state index contributed by atoms with van der Waals surface area (Å²) in [6.07, 6.45) is 6.57. The number of hydrogen-bond acceptors (Lipinski definition) is 2. The molecule has 0 spiro atoms. The molecule has 2 atom stereocenters. The lowest BCUT2D eigenvalue weighted by Gasteiger charge is -2.31. The van der Waals surface area contributed by atoms with Crippen molar-refractivity contribution in [1.82, 2.24) is 5.43 Å². The molecule has 2 aliphatic carbocycles. The van der Waals surface area contributed by atoms with E-state index in [9.17, 15) is 4.79 Å². The number of nitrogens with one attached hydrogen (secondary N) is 1. The van der Waals surface area contributed by atoms with Gasteiger partial charge in [0.15, 0.2) is 0 Å². The Morgan fingerprint density at radius 3 is 2.83 bits per heavy atom. The van der Waals surface area contributed by atoms with Crippen LogP contribution in [0.4, 0.5) is 0 Å². The number of rotatable bonds is 2. The van der Waals surface area contributed by atoms with Crippen molar-refractivity contribution in [2.24, 2.45) is 16.9 Å². The number of amides is 1. The number of hydrogen-bond donors (Lipinski definition) is 1. The molecule has 0 saturated heterocycles. The standard InChI is InChI=1S/C14H13BrN2O/c15-11-6-4-9(5-7-11)14(18)17-16-13-8-10-2-1-3-12(10)13/h1,3-7,10,12H,2,8H2,(H,17,18). The van der Waals surface area contributed by atoms with E-state index in [0.29, 0.717) is 11.5 Å². The number of nitrogens with zero attached hydrogens (tertiary/aromatic N) is 1. The highest BCUT2D eigenvalue weighted by Crippen LogP contribution is 2.40. The second kappa shape index (κ2) is 4.69. The van der Waals surface area contributed by atoms with Crippen molar-refractivity contribution in [3.8, 4) is 0 Å². The summed E-state index contributed by atoms with van der Waals surface area (Å²) in [6, 6.07) is 7.25. The Bertz CT molecular complexity index is 533. The maximum absolute atomic E-state index is 11.8. The van der Waals surface area contributed by atoms with Gasteiger partial charge < -0.3 is 0 Å². The maximum Gasteiger partial charge on any atom is 0.271 e. The van der Waals surface area contributed by atoms with E-state index >= 15 is 0 Å². The molecule has 0 bridgehead atoms. The molecule has 1 fully saturated rings. The lowest BCUT2D eigenvalue weighted by Crippen LogP contribution is -2.35. The van der Waals surface area contributed by atoms with Gasteiger partial charge in [-0.2, -0.15) is 5.10 Å². The number of allylic oxidation sites excluding steroid dienone is 2. The van der Waals surface area contributed by atoms with Crippen LogP contribution in [0, 0.1) is 11.8 Å². The molecule has 0 heterocycles. The molecule has 0 aromatic heterocycles. The van der Waals surface area contributed by atoms with Gasteiger partial charge >= 0.3 is 0 Å². The first-order valence-electron chi connectivity index (χ1n) is 6.03. The topological polar surface area (TPSA) is 41.5 Å². The average molecular weight is 305 g/mol. The predicted octanol–water partition coefficient (Wildman–Crippen LogP) is 3.13. The number of halogens is 1. The summed E-state index contributed by atoms with van der Waals surface area (Å²) >= 11 is 3.34. The van der Waals surface area contributed by atoms with Gasteiger partial charge in [-0.3, -0.25) is 4.79 Å². The molecule has 1 N–H and O–H groups in total. The van der Waals surface area contributed by atoms with Gasteiger partial charge in [0.1, 0.15) is 0 Å². The van der Waals surface area contributed by atoms with Crippen LogP contribution >= 0.6 is 15.9 Å². The Kier molecular flexibility index (Phi) is 3.04. The van der Waals surface area contributed by atoms with E-state index in [4.69, 9.17) is 0 Å². The average Bonchev–Trinajstić information content (AvgIpc) is 2.72. The largest absolute Gasteiger partial charge is 0.271 e. The Hall–Kier alpha value is -1.42. The van der Waals surface area contributed by atoms with Gasteiger partial charge in [0.25, 0.3) is 5.91 Å². The van der Waals surface area contributed by atoms with E-state index in [1.54, 1.807) is 12.1 Å². The van der Waals surface area contributed by atoms with E-state index in [2.05, 4.69) is 38.6 Å².